The fourth-order valence-corrected chi connectivity index (χ4v) is 4.77. The number of pyridine rings is 1. The molecule has 4 aromatic rings. The highest BCUT2D eigenvalue weighted by atomic mass is 16.2. The molecular formula is C32H33N3O. The maximum atomic E-state index is 13.8. The standard InChI is InChI=1S/C32H33N3O/c1-23-11-14-30-28(20-23)29(22-31(33-30)27-13-12-24(2)25(3)21-27)32(36)35-18-16-34(17-19-35)15-7-10-26-8-5-4-6-9-26/h4-14,20-22H,15-19H2,1-3H3/b10-7+. The minimum atomic E-state index is 0.0950. The van der Waals surface area contributed by atoms with Crippen LogP contribution >= 0.6 is 0 Å². The average molecular weight is 476 g/mol. The maximum absolute atomic E-state index is 13.8. The lowest BCUT2D eigenvalue weighted by Gasteiger charge is -2.34. The second-order valence-corrected chi connectivity index (χ2v) is 9.78. The van der Waals surface area contributed by atoms with Gasteiger partial charge in [0.15, 0.2) is 0 Å². The molecule has 0 radical (unpaired) electrons. The van der Waals surface area contributed by atoms with Crippen molar-refractivity contribution in [1.82, 2.24) is 14.8 Å². The minimum absolute atomic E-state index is 0.0950. The molecule has 182 valence electrons. The number of carbonyl (C=O) groups is 1. The Hall–Kier alpha value is -3.76. The van der Waals surface area contributed by atoms with Crippen LogP contribution in [0.2, 0.25) is 0 Å². The van der Waals surface area contributed by atoms with Crippen LogP contribution in [0.15, 0.2) is 78.9 Å². The van der Waals surface area contributed by atoms with Crippen molar-refractivity contribution in [3.8, 4) is 11.3 Å². The van der Waals surface area contributed by atoms with Crippen LogP contribution in [0.1, 0.15) is 32.6 Å². The van der Waals surface area contributed by atoms with E-state index in [9.17, 15) is 4.79 Å². The topological polar surface area (TPSA) is 36.4 Å². The molecule has 0 bridgehead atoms. The summed E-state index contributed by atoms with van der Waals surface area (Å²) in [5, 5.41) is 0.931. The number of rotatable bonds is 5. The van der Waals surface area contributed by atoms with Gasteiger partial charge < -0.3 is 4.90 Å². The normalized spacial score (nSPS) is 14.6. The number of piperazine rings is 1. The molecule has 3 aromatic carbocycles. The largest absolute Gasteiger partial charge is 0.336 e. The van der Waals surface area contributed by atoms with Crippen molar-refractivity contribution >= 4 is 22.9 Å². The van der Waals surface area contributed by atoms with E-state index in [2.05, 4.69) is 92.4 Å². The quantitative estimate of drug-likeness (QED) is 0.340. The van der Waals surface area contributed by atoms with Gasteiger partial charge in [-0.05, 0) is 61.7 Å². The summed E-state index contributed by atoms with van der Waals surface area (Å²) >= 11 is 0. The van der Waals surface area contributed by atoms with Crippen molar-refractivity contribution in [3.05, 3.63) is 107 Å². The van der Waals surface area contributed by atoms with Gasteiger partial charge in [0.05, 0.1) is 16.8 Å². The molecule has 0 aliphatic carbocycles. The Morgan fingerprint density at radius 3 is 2.39 bits per heavy atom. The Bertz CT molecular complexity index is 1420. The van der Waals surface area contributed by atoms with E-state index in [4.69, 9.17) is 4.98 Å². The molecule has 1 aromatic heterocycles. The molecule has 1 aliphatic rings. The first-order valence-corrected chi connectivity index (χ1v) is 12.7. The number of aromatic nitrogens is 1. The van der Waals surface area contributed by atoms with Crippen LogP contribution in [0, 0.1) is 20.8 Å². The van der Waals surface area contributed by atoms with Gasteiger partial charge in [0.2, 0.25) is 0 Å². The van der Waals surface area contributed by atoms with E-state index in [0.29, 0.717) is 0 Å². The Kier molecular flexibility index (Phi) is 6.97. The zero-order valence-electron chi connectivity index (χ0n) is 21.4. The lowest BCUT2D eigenvalue weighted by molar-refractivity contribution is 0.0652. The van der Waals surface area contributed by atoms with Crippen LogP contribution in [0.3, 0.4) is 0 Å². The summed E-state index contributed by atoms with van der Waals surface area (Å²) in [6.45, 7) is 10.4. The van der Waals surface area contributed by atoms with E-state index in [-0.39, 0.29) is 5.91 Å². The Morgan fingerprint density at radius 1 is 0.861 bits per heavy atom. The summed E-state index contributed by atoms with van der Waals surface area (Å²) < 4.78 is 0. The monoisotopic (exact) mass is 475 g/mol. The predicted octanol–water partition coefficient (Wildman–Crippen LogP) is 6.30. The second kappa shape index (κ2) is 10.5. The Balaban J connectivity index is 1.36. The molecule has 36 heavy (non-hydrogen) atoms. The molecule has 0 unspecified atom stereocenters. The van der Waals surface area contributed by atoms with Crippen LogP contribution in [-0.2, 0) is 0 Å². The van der Waals surface area contributed by atoms with Crippen LogP contribution < -0.4 is 0 Å². The maximum Gasteiger partial charge on any atom is 0.254 e. The van der Waals surface area contributed by atoms with Crippen LogP contribution in [0.25, 0.3) is 28.2 Å². The van der Waals surface area contributed by atoms with Crippen LogP contribution in [0.5, 0.6) is 0 Å². The number of carbonyl (C=O) groups excluding carboxylic acids is 1. The number of nitrogens with zero attached hydrogens (tertiary/aromatic N) is 3. The van der Waals surface area contributed by atoms with Crippen molar-refractivity contribution in [3.63, 3.8) is 0 Å². The van der Waals surface area contributed by atoms with E-state index in [1.165, 1.54) is 16.7 Å². The summed E-state index contributed by atoms with van der Waals surface area (Å²) in [6.07, 6.45) is 4.37. The number of hydrogen-bond acceptors (Lipinski definition) is 3. The number of fused-ring (bicyclic) bond motifs is 1. The third-order valence-corrected chi connectivity index (χ3v) is 7.13. The summed E-state index contributed by atoms with van der Waals surface area (Å²) in [4.78, 5) is 23.1. The average Bonchev–Trinajstić information content (AvgIpc) is 2.90. The highest BCUT2D eigenvalue weighted by Crippen LogP contribution is 2.28. The lowest BCUT2D eigenvalue weighted by Crippen LogP contribution is -2.48. The van der Waals surface area contributed by atoms with Crippen molar-refractivity contribution in [1.29, 1.82) is 0 Å². The molecule has 1 aliphatic heterocycles. The zero-order valence-corrected chi connectivity index (χ0v) is 21.4. The Morgan fingerprint density at radius 2 is 1.64 bits per heavy atom. The highest BCUT2D eigenvalue weighted by molar-refractivity contribution is 6.07. The lowest BCUT2D eigenvalue weighted by atomic mass is 9.99. The zero-order chi connectivity index (χ0) is 25.1. The number of aryl methyl sites for hydroxylation is 3. The second-order valence-electron chi connectivity index (χ2n) is 9.78. The molecule has 0 saturated carbocycles. The van der Waals surface area contributed by atoms with E-state index >= 15 is 0 Å². The molecule has 1 saturated heterocycles. The molecule has 0 atom stereocenters. The third kappa shape index (κ3) is 5.24. The molecule has 1 amide bonds. The molecule has 0 spiro atoms. The molecular weight excluding hydrogens is 442 g/mol. The molecule has 4 heteroatoms. The molecule has 2 heterocycles. The smallest absolute Gasteiger partial charge is 0.254 e. The third-order valence-electron chi connectivity index (χ3n) is 7.13. The van der Waals surface area contributed by atoms with Gasteiger partial charge >= 0.3 is 0 Å². The van der Waals surface area contributed by atoms with Crippen LogP contribution in [-0.4, -0.2) is 53.4 Å². The summed E-state index contributed by atoms with van der Waals surface area (Å²) in [5.74, 6) is 0.0950. The fraction of sp³-hybridized carbons (Fsp3) is 0.250. The van der Waals surface area contributed by atoms with Gasteiger partial charge in [-0.2, -0.15) is 0 Å². The van der Waals surface area contributed by atoms with Crippen molar-refractivity contribution < 1.29 is 4.79 Å². The molecule has 4 nitrogen and oxygen atoms in total. The minimum Gasteiger partial charge on any atom is -0.336 e. The first-order chi connectivity index (χ1) is 17.5. The van der Waals surface area contributed by atoms with Gasteiger partial charge in [-0.25, -0.2) is 4.98 Å². The molecule has 5 rings (SSSR count). The number of benzene rings is 3. The van der Waals surface area contributed by atoms with Gasteiger partial charge in [0, 0.05) is 43.7 Å². The van der Waals surface area contributed by atoms with Gasteiger partial charge in [-0.3, -0.25) is 9.69 Å². The van der Waals surface area contributed by atoms with Gasteiger partial charge in [-0.15, -0.1) is 0 Å². The molecule has 1 fully saturated rings. The van der Waals surface area contributed by atoms with Crippen LogP contribution in [0.4, 0.5) is 0 Å². The number of amides is 1. The fourth-order valence-electron chi connectivity index (χ4n) is 4.77. The number of hydrogen-bond donors (Lipinski definition) is 0. The van der Waals surface area contributed by atoms with Gasteiger partial charge in [0.1, 0.15) is 0 Å². The van der Waals surface area contributed by atoms with E-state index in [0.717, 1.165) is 66.0 Å². The van der Waals surface area contributed by atoms with Gasteiger partial charge in [-0.1, -0.05) is 66.2 Å². The summed E-state index contributed by atoms with van der Waals surface area (Å²) in [5.41, 5.74) is 8.33. The highest BCUT2D eigenvalue weighted by Gasteiger charge is 2.24. The molecule has 0 N–H and O–H groups in total. The van der Waals surface area contributed by atoms with E-state index < -0.39 is 0 Å². The first kappa shape index (κ1) is 24.0. The van der Waals surface area contributed by atoms with Crippen molar-refractivity contribution in [2.75, 3.05) is 32.7 Å². The van der Waals surface area contributed by atoms with Crippen molar-refractivity contribution in [2.45, 2.75) is 20.8 Å². The van der Waals surface area contributed by atoms with E-state index in [1.54, 1.807) is 0 Å². The summed E-state index contributed by atoms with van der Waals surface area (Å²) in [6, 6.07) is 24.9. The SMILES string of the molecule is Cc1ccc2nc(-c3ccc(C)c(C)c3)cc(C(=O)N3CCN(C/C=C/c4ccccc4)CC3)c2c1. The van der Waals surface area contributed by atoms with Gasteiger partial charge in [0.25, 0.3) is 5.91 Å². The Labute approximate surface area is 213 Å². The first-order valence-electron chi connectivity index (χ1n) is 12.7. The van der Waals surface area contributed by atoms with Crippen molar-refractivity contribution in [2.24, 2.45) is 0 Å². The summed E-state index contributed by atoms with van der Waals surface area (Å²) in [7, 11) is 0. The van der Waals surface area contributed by atoms with E-state index in [1.807, 2.05) is 23.1 Å². The predicted molar refractivity (Wildman–Crippen MR) is 149 cm³/mol.